The van der Waals surface area contributed by atoms with E-state index in [-0.39, 0.29) is 11.5 Å². The van der Waals surface area contributed by atoms with Gasteiger partial charge in [-0.15, -0.1) is 0 Å². The molecule has 0 radical (unpaired) electrons. The molecule has 0 spiro atoms. The maximum absolute atomic E-state index is 11.8. The van der Waals surface area contributed by atoms with Gasteiger partial charge in [0.1, 0.15) is 0 Å². The van der Waals surface area contributed by atoms with Gasteiger partial charge in [-0.2, -0.15) is 0 Å². The van der Waals surface area contributed by atoms with Gasteiger partial charge >= 0.3 is 5.97 Å². The summed E-state index contributed by atoms with van der Waals surface area (Å²) in [7, 11) is 0. The Labute approximate surface area is 133 Å². The highest BCUT2D eigenvalue weighted by atomic mass is 16.5. The van der Waals surface area contributed by atoms with Crippen molar-refractivity contribution in [2.75, 3.05) is 17.7 Å². The van der Waals surface area contributed by atoms with Gasteiger partial charge in [0.25, 0.3) is 5.91 Å². The van der Waals surface area contributed by atoms with E-state index in [4.69, 9.17) is 10.5 Å². The number of aromatic nitrogens is 2. The van der Waals surface area contributed by atoms with Crippen LogP contribution in [0.2, 0.25) is 0 Å². The van der Waals surface area contributed by atoms with E-state index in [1.807, 2.05) is 12.1 Å². The highest BCUT2D eigenvalue weighted by Gasteiger charge is 2.15. The number of ether oxygens (including phenoxy) is 1. The van der Waals surface area contributed by atoms with E-state index in [2.05, 4.69) is 29.1 Å². The molecule has 0 saturated carbocycles. The molecule has 1 aromatic carbocycles. The number of nitrogen functional groups attached to an aromatic ring is 1. The minimum atomic E-state index is -0.791. The van der Waals surface area contributed by atoms with Crippen LogP contribution in [0.5, 0.6) is 0 Å². The second-order valence-electron chi connectivity index (χ2n) is 5.19. The van der Waals surface area contributed by atoms with Crippen molar-refractivity contribution in [1.82, 2.24) is 9.97 Å². The third-order valence-corrected chi connectivity index (χ3v) is 3.12. The predicted octanol–water partition coefficient (Wildman–Crippen LogP) is 1.98. The lowest BCUT2D eigenvalue weighted by Crippen LogP contribution is -2.22. The summed E-state index contributed by atoms with van der Waals surface area (Å²) < 4.78 is 4.87. The SMILES string of the molecule is CC(C)c1ccc(NC(=O)COC(=O)c2nccnc2N)cc1. The number of esters is 1. The summed E-state index contributed by atoms with van der Waals surface area (Å²) in [5, 5.41) is 2.65. The Morgan fingerprint density at radius 2 is 1.83 bits per heavy atom. The van der Waals surface area contributed by atoms with E-state index in [0.717, 1.165) is 0 Å². The standard InChI is InChI=1S/C16H18N4O3/c1-10(2)11-3-5-12(6-4-11)20-13(21)9-23-16(22)14-15(17)19-8-7-18-14/h3-8,10H,9H2,1-2H3,(H2,17,19)(H,20,21). The molecule has 1 amide bonds. The Hall–Kier alpha value is -2.96. The normalized spacial score (nSPS) is 10.4. The van der Waals surface area contributed by atoms with Crippen LogP contribution in [0.25, 0.3) is 0 Å². The first-order chi connectivity index (χ1) is 11.0. The fourth-order valence-corrected chi connectivity index (χ4v) is 1.85. The van der Waals surface area contributed by atoms with E-state index < -0.39 is 18.5 Å². The van der Waals surface area contributed by atoms with Crippen molar-refractivity contribution in [3.8, 4) is 0 Å². The number of rotatable bonds is 5. The van der Waals surface area contributed by atoms with Gasteiger partial charge in [-0.25, -0.2) is 14.8 Å². The second kappa shape index (κ2) is 7.35. The third kappa shape index (κ3) is 4.50. The molecule has 0 fully saturated rings. The molecule has 3 N–H and O–H groups in total. The zero-order valence-electron chi connectivity index (χ0n) is 12.9. The maximum Gasteiger partial charge on any atom is 0.361 e. The van der Waals surface area contributed by atoms with Gasteiger partial charge in [0.2, 0.25) is 0 Å². The van der Waals surface area contributed by atoms with Gasteiger partial charge in [-0.1, -0.05) is 26.0 Å². The maximum atomic E-state index is 11.8. The van der Waals surface area contributed by atoms with Crippen LogP contribution in [0, 0.1) is 0 Å². The number of anilines is 2. The van der Waals surface area contributed by atoms with Crippen molar-refractivity contribution in [1.29, 1.82) is 0 Å². The first-order valence-electron chi connectivity index (χ1n) is 7.10. The Morgan fingerprint density at radius 3 is 2.43 bits per heavy atom. The number of amides is 1. The van der Waals surface area contributed by atoms with E-state index in [1.54, 1.807) is 12.1 Å². The minimum absolute atomic E-state index is 0.0396. The zero-order valence-corrected chi connectivity index (χ0v) is 12.9. The number of nitrogens with two attached hydrogens (primary N) is 1. The summed E-state index contributed by atoms with van der Waals surface area (Å²) in [4.78, 5) is 31.1. The Morgan fingerprint density at radius 1 is 1.17 bits per heavy atom. The van der Waals surface area contributed by atoms with Crippen molar-refractivity contribution in [2.45, 2.75) is 19.8 Å². The van der Waals surface area contributed by atoms with Crippen LogP contribution >= 0.6 is 0 Å². The van der Waals surface area contributed by atoms with Crippen LogP contribution in [0.1, 0.15) is 35.8 Å². The summed E-state index contributed by atoms with van der Waals surface area (Å²) >= 11 is 0. The molecule has 0 aliphatic carbocycles. The van der Waals surface area contributed by atoms with E-state index in [1.165, 1.54) is 18.0 Å². The number of hydrogen-bond donors (Lipinski definition) is 2. The Kier molecular flexibility index (Phi) is 5.24. The van der Waals surface area contributed by atoms with Gasteiger partial charge in [0.15, 0.2) is 18.1 Å². The number of carbonyl (C=O) groups is 2. The average Bonchev–Trinajstić information content (AvgIpc) is 2.53. The lowest BCUT2D eigenvalue weighted by atomic mass is 10.0. The van der Waals surface area contributed by atoms with Crippen LogP contribution < -0.4 is 11.1 Å². The van der Waals surface area contributed by atoms with Crippen LogP contribution in [0.15, 0.2) is 36.7 Å². The molecule has 0 atom stereocenters. The van der Waals surface area contributed by atoms with E-state index in [0.29, 0.717) is 11.6 Å². The van der Waals surface area contributed by atoms with E-state index in [9.17, 15) is 9.59 Å². The first kappa shape index (κ1) is 16.4. The summed E-state index contributed by atoms with van der Waals surface area (Å²) in [5.41, 5.74) is 7.21. The summed E-state index contributed by atoms with van der Waals surface area (Å²) in [6.07, 6.45) is 2.68. The van der Waals surface area contributed by atoms with Crippen molar-refractivity contribution in [3.05, 3.63) is 47.9 Å². The molecule has 0 saturated heterocycles. The topological polar surface area (TPSA) is 107 Å². The molecule has 0 unspecified atom stereocenters. The molecule has 0 bridgehead atoms. The van der Waals surface area contributed by atoms with Crippen molar-refractivity contribution >= 4 is 23.4 Å². The summed E-state index contributed by atoms with van der Waals surface area (Å²) in [6.45, 7) is 3.75. The largest absolute Gasteiger partial charge is 0.451 e. The van der Waals surface area contributed by atoms with Crippen molar-refractivity contribution in [3.63, 3.8) is 0 Å². The number of hydrogen-bond acceptors (Lipinski definition) is 6. The van der Waals surface area contributed by atoms with Gasteiger partial charge in [-0.05, 0) is 23.6 Å². The number of nitrogens with one attached hydrogen (secondary N) is 1. The quantitative estimate of drug-likeness (QED) is 0.817. The lowest BCUT2D eigenvalue weighted by Gasteiger charge is -2.09. The zero-order chi connectivity index (χ0) is 16.8. The molecule has 2 aromatic rings. The van der Waals surface area contributed by atoms with Gasteiger partial charge < -0.3 is 15.8 Å². The van der Waals surface area contributed by atoms with Crippen LogP contribution in [0.4, 0.5) is 11.5 Å². The number of nitrogens with zero attached hydrogens (tertiary/aromatic N) is 2. The Bertz CT molecular complexity index is 699. The molecule has 7 heteroatoms. The third-order valence-electron chi connectivity index (χ3n) is 3.12. The molecule has 7 nitrogen and oxygen atoms in total. The monoisotopic (exact) mass is 314 g/mol. The van der Waals surface area contributed by atoms with Crippen molar-refractivity contribution in [2.24, 2.45) is 0 Å². The van der Waals surface area contributed by atoms with Gasteiger partial charge in [0, 0.05) is 18.1 Å². The van der Waals surface area contributed by atoms with Gasteiger partial charge in [-0.3, -0.25) is 4.79 Å². The molecule has 120 valence electrons. The molecular formula is C16H18N4O3. The lowest BCUT2D eigenvalue weighted by molar-refractivity contribution is -0.119. The summed E-state index contributed by atoms with van der Waals surface area (Å²) in [5.74, 6) is -0.862. The van der Waals surface area contributed by atoms with Crippen LogP contribution in [0.3, 0.4) is 0 Å². The van der Waals surface area contributed by atoms with Gasteiger partial charge in [0.05, 0.1) is 0 Å². The second-order valence-corrected chi connectivity index (χ2v) is 5.19. The molecule has 23 heavy (non-hydrogen) atoms. The molecule has 0 aliphatic rings. The fraction of sp³-hybridized carbons (Fsp3) is 0.250. The predicted molar refractivity (Wildman–Crippen MR) is 85.9 cm³/mol. The number of carbonyl (C=O) groups excluding carboxylic acids is 2. The van der Waals surface area contributed by atoms with Crippen LogP contribution in [-0.4, -0.2) is 28.5 Å². The molecular weight excluding hydrogens is 296 g/mol. The summed E-state index contributed by atoms with van der Waals surface area (Å²) in [6, 6.07) is 7.48. The highest BCUT2D eigenvalue weighted by Crippen LogP contribution is 2.17. The average molecular weight is 314 g/mol. The Balaban J connectivity index is 1.88. The smallest absolute Gasteiger partial charge is 0.361 e. The molecule has 1 aromatic heterocycles. The first-order valence-corrected chi connectivity index (χ1v) is 7.10. The number of benzene rings is 1. The fourth-order valence-electron chi connectivity index (χ4n) is 1.85. The minimum Gasteiger partial charge on any atom is -0.451 e. The van der Waals surface area contributed by atoms with Crippen molar-refractivity contribution < 1.29 is 14.3 Å². The van der Waals surface area contributed by atoms with E-state index >= 15 is 0 Å². The molecule has 0 aliphatic heterocycles. The molecule has 1 heterocycles. The highest BCUT2D eigenvalue weighted by molar-refractivity contribution is 5.96. The molecule has 2 rings (SSSR count). The van der Waals surface area contributed by atoms with Crippen LogP contribution in [-0.2, 0) is 9.53 Å².